The number of carbonyl (C=O) groups is 1. The summed E-state index contributed by atoms with van der Waals surface area (Å²) in [6, 6.07) is 2.77. The van der Waals surface area contributed by atoms with Gasteiger partial charge < -0.3 is 10.8 Å². The number of carboxylic acid groups (broad SMARTS) is 1. The molecule has 72 valence electrons. The summed E-state index contributed by atoms with van der Waals surface area (Å²) in [5, 5.41) is 9.04. The average molecular weight is 287 g/mol. The van der Waals surface area contributed by atoms with Crippen LogP contribution in [0.5, 0.6) is 0 Å². The molecule has 1 rings (SSSR count). The summed E-state index contributed by atoms with van der Waals surface area (Å²) in [5.41, 5.74) is 5.62. The van der Waals surface area contributed by atoms with E-state index in [0.717, 1.165) is 0 Å². The highest BCUT2D eigenvalue weighted by atomic mass is 79.9. The van der Waals surface area contributed by atoms with E-state index in [9.17, 15) is 4.79 Å². The minimum absolute atomic E-state index is 0. The first kappa shape index (κ1) is 12.6. The summed E-state index contributed by atoms with van der Waals surface area (Å²) in [5.74, 6) is -1.06. The van der Waals surface area contributed by atoms with Crippen LogP contribution in [0, 0.1) is 0 Å². The normalized spacial score (nSPS) is 9.08. The van der Waals surface area contributed by atoms with Crippen LogP contribution in [0.4, 0.5) is 5.69 Å². The molecule has 0 aromatic heterocycles. The molecule has 0 spiro atoms. The van der Waals surface area contributed by atoms with Crippen LogP contribution in [0.1, 0.15) is 10.4 Å². The van der Waals surface area contributed by atoms with Gasteiger partial charge in [0, 0.05) is 10.2 Å². The first-order valence-corrected chi connectivity index (χ1v) is 4.17. The lowest BCUT2D eigenvalue weighted by molar-refractivity contribution is 0.0698. The second-order valence-electron chi connectivity index (χ2n) is 2.16. The third kappa shape index (κ3) is 2.76. The average Bonchev–Trinajstić information content (AvgIpc) is 1.96. The van der Waals surface area contributed by atoms with Gasteiger partial charge in [-0.15, -0.1) is 12.4 Å². The Morgan fingerprint density at radius 2 is 2.08 bits per heavy atom. The zero-order valence-electron chi connectivity index (χ0n) is 6.25. The molecule has 3 N–H and O–H groups in total. The molecule has 0 radical (unpaired) electrons. The molecule has 0 aliphatic carbocycles. The quantitative estimate of drug-likeness (QED) is 0.781. The number of anilines is 1. The summed E-state index contributed by atoms with van der Waals surface area (Å²) in [6.07, 6.45) is 0. The summed E-state index contributed by atoms with van der Waals surface area (Å²) in [7, 11) is 0. The lowest BCUT2D eigenvalue weighted by Gasteiger charge is -2.02. The van der Waals surface area contributed by atoms with Crippen molar-refractivity contribution >= 4 is 51.6 Å². The highest BCUT2D eigenvalue weighted by Gasteiger charge is 2.10. The molecule has 1 aromatic carbocycles. The smallest absolute Gasteiger partial charge is 0.337 e. The second kappa shape index (κ2) is 4.69. The zero-order valence-corrected chi connectivity index (χ0v) is 9.41. The van der Waals surface area contributed by atoms with Gasteiger partial charge in [-0.3, -0.25) is 0 Å². The lowest BCUT2D eigenvalue weighted by atomic mass is 10.2. The summed E-state index contributed by atoms with van der Waals surface area (Å²) in [6.45, 7) is 0. The zero-order chi connectivity index (χ0) is 9.30. The molecule has 0 unspecified atom stereocenters. The van der Waals surface area contributed by atoms with Gasteiger partial charge in [0.25, 0.3) is 0 Å². The van der Waals surface area contributed by atoms with Crippen molar-refractivity contribution in [3.63, 3.8) is 0 Å². The van der Waals surface area contributed by atoms with Crippen molar-refractivity contribution < 1.29 is 9.90 Å². The van der Waals surface area contributed by atoms with Crippen molar-refractivity contribution in [2.45, 2.75) is 0 Å². The number of halogens is 3. The van der Waals surface area contributed by atoms with Crippen molar-refractivity contribution in [1.29, 1.82) is 0 Å². The summed E-state index contributed by atoms with van der Waals surface area (Å²) in [4.78, 5) is 10.5. The molecule has 0 aliphatic rings. The first-order chi connectivity index (χ1) is 5.52. The summed E-state index contributed by atoms with van der Waals surface area (Å²) < 4.78 is 0.524. The molecule has 1 aromatic rings. The molecule has 13 heavy (non-hydrogen) atoms. The third-order valence-electron chi connectivity index (χ3n) is 1.32. The van der Waals surface area contributed by atoms with Crippen molar-refractivity contribution in [3.8, 4) is 0 Å². The number of rotatable bonds is 1. The highest BCUT2D eigenvalue weighted by Crippen LogP contribution is 2.27. The number of nitrogen functional groups attached to an aromatic ring is 1. The van der Waals surface area contributed by atoms with Gasteiger partial charge >= 0.3 is 5.97 Å². The monoisotopic (exact) mass is 285 g/mol. The number of benzene rings is 1. The molecule has 0 aliphatic heterocycles. The van der Waals surface area contributed by atoms with Gasteiger partial charge in [-0.2, -0.15) is 0 Å². The maximum atomic E-state index is 10.5. The number of aromatic carboxylic acids is 1. The van der Waals surface area contributed by atoms with E-state index in [1.165, 1.54) is 12.1 Å². The SMILES string of the molecule is Cl.Nc1cc(Cl)c(Br)cc1C(=O)O. The molecule has 0 atom stereocenters. The number of carboxylic acids is 1. The van der Waals surface area contributed by atoms with Crippen molar-refractivity contribution in [2.24, 2.45) is 0 Å². The van der Waals surface area contributed by atoms with Crippen LogP contribution >= 0.6 is 39.9 Å². The minimum atomic E-state index is -1.06. The van der Waals surface area contributed by atoms with E-state index in [1.54, 1.807) is 0 Å². The fourth-order valence-electron chi connectivity index (χ4n) is 0.747. The topological polar surface area (TPSA) is 63.3 Å². The Kier molecular flexibility index (Phi) is 4.53. The van der Waals surface area contributed by atoms with Gasteiger partial charge in [0.1, 0.15) is 0 Å². The summed E-state index contributed by atoms with van der Waals surface area (Å²) >= 11 is 8.77. The van der Waals surface area contributed by atoms with Crippen LogP contribution in [-0.2, 0) is 0 Å². The van der Waals surface area contributed by atoms with E-state index in [1.807, 2.05) is 0 Å². The van der Waals surface area contributed by atoms with E-state index in [-0.39, 0.29) is 23.7 Å². The number of nitrogens with two attached hydrogens (primary N) is 1. The maximum absolute atomic E-state index is 10.5. The fourth-order valence-corrected chi connectivity index (χ4v) is 1.26. The van der Waals surface area contributed by atoms with Crippen LogP contribution in [0.2, 0.25) is 5.02 Å². The molecule has 0 saturated carbocycles. The molecule has 0 saturated heterocycles. The van der Waals surface area contributed by atoms with Gasteiger partial charge in [-0.25, -0.2) is 4.79 Å². The molecule has 0 amide bonds. The molecule has 0 bridgehead atoms. The fraction of sp³-hybridized carbons (Fsp3) is 0. The van der Waals surface area contributed by atoms with Gasteiger partial charge in [-0.05, 0) is 28.1 Å². The van der Waals surface area contributed by atoms with E-state index >= 15 is 0 Å². The first-order valence-electron chi connectivity index (χ1n) is 3.00. The number of hydrogen-bond acceptors (Lipinski definition) is 2. The molecule has 3 nitrogen and oxygen atoms in total. The van der Waals surface area contributed by atoms with Crippen LogP contribution < -0.4 is 5.73 Å². The lowest BCUT2D eigenvalue weighted by Crippen LogP contribution is -2.02. The van der Waals surface area contributed by atoms with Crippen molar-refractivity contribution in [3.05, 3.63) is 27.2 Å². The Bertz CT molecular complexity index is 344. The van der Waals surface area contributed by atoms with Gasteiger partial charge in [0.05, 0.1) is 10.6 Å². The van der Waals surface area contributed by atoms with Gasteiger partial charge in [0.15, 0.2) is 0 Å². The highest BCUT2D eigenvalue weighted by molar-refractivity contribution is 9.10. The standard InChI is InChI=1S/C7H5BrClNO2.ClH/c8-4-1-3(7(11)12)6(10)2-5(4)9;/h1-2H,10H2,(H,11,12);1H. The van der Waals surface area contributed by atoms with Crippen molar-refractivity contribution in [2.75, 3.05) is 5.73 Å². The largest absolute Gasteiger partial charge is 0.478 e. The molecule has 0 fully saturated rings. The Labute approximate surface area is 94.4 Å². The maximum Gasteiger partial charge on any atom is 0.337 e. The molecule has 6 heteroatoms. The predicted molar refractivity (Wildman–Crippen MR) is 57.8 cm³/mol. The Balaban J connectivity index is 0.00000144. The Morgan fingerprint density at radius 3 is 2.54 bits per heavy atom. The Morgan fingerprint density at radius 1 is 1.54 bits per heavy atom. The molecular formula is C7H6BrCl2NO2. The second-order valence-corrected chi connectivity index (χ2v) is 3.42. The van der Waals surface area contributed by atoms with E-state index in [2.05, 4.69) is 15.9 Å². The predicted octanol–water partition coefficient (Wildman–Crippen LogP) is 2.80. The van der Waals surface area contributed by atoms with Crippen molar-refractivity contribution in [1.82, 2.24) is 0 Å². The van der Waals surface area contributed by atoms with Crippen LogP contribution in [0.25, 0.3) is 0 Å². The van der Waals surface area contributed by atoms with E-state index in [0.29, 0.717) is 9.50 Å². The third-order valence-corrected chi connectivity index (χ3v) is 2.52. The number of hydrogen-bond donors (Lipinski definition) is 2. The Hall–Kier alpha value is -0.450. The van der Waals surface area contributed by atoms with E-state index < -0.39 is 5.97 Å². The van der Waals surface area contributed by atoms with Gasteiger partial charge in [0.2, 0.25) is 0 Å². The minimum Gasteiger partial charge on any atom is -0.478 e. The molecule has 0 heterocycles. The van der Waals surface area contributed by atoms with Crippen LogP contribution in [-0.4, -0.2) is 11.1 Å². The van der Waals surface area contributed by atoms with Crippen LogP contribution in [0.15, 0.2) is 16.6 Å². The van der Waals surface area contributed by atoms with Gasteiger partial charge in [-0.1, -0.05) is 11.6 Å². The van der Waals surface area contributed by atoms with Crippen LogP contribution in [0.3, 0.4) is 0 Å². The molecular weight excluding hydrogens is 281 g/mol. The van der Waals surface area contributed by atoms with E-state index in [4.69, 9.17) is 22.4 Å².